The van der Waals surface area contributed by atoms with Crippen molar-refractivity contribution in [3.8, 4) is 0 Å². The van der Waals surface area contributed by atoms with Gasteiger partial charge >= 0.3 is 5.97 Å². The first-order valence-electron chi connectivity index (χ1n) is 5.35. The van der Waals surface area contributed by atoms with Crippen LogP contribution in [-0.4, -0.2) is 16.1 Å². The maximum Gasteiger partial charge on any atom is 0.310 e. The maximum absolute atomic E-state index is 11.5. The predicted molar refractivity (Wildman–Crippen MR) is 65.4 cm³/mol. The summed E-state index contributed by atoms with van der Waals surface area (Å²) in [6.07, 6.45) is 0. The van der Waals surface area contributed by atoms with Gasteiger partial charge in [-0.2, -0.15) is 0 Å². The van der Waals surface area contributed by atoms with Crippen molar-refractivity contribution in [3.63, 3.8) is 0 Å². The summed E-state index contributed by atoms with van der Waals surface area (Å²) in [5.41, 5.74) is 1.98. The third-order valence-corrected chi connectivity index (χ3v) is 2.87. The molecule has 1 heterocycles. The number of H-pyrrole nitrogens is 1. The molecule has 0 amide bonds. The third-order valence-electron chi connectivity index (χ3n) is 2.87. The molecule has 4 nitrogen and oxygen atoms in total. The van der Waals surface area contributed by atoms with Crippen molar-refractivity contribution in [1.29, 1.82) is 0 Å². The minimum atomic E-state index is -0.933. The molecule has 0 aliphatic heterocycles. The number of nitrogens with one attached hydrogen (secondary N) is 1. The van der Waals surface area contributed by atoms with Gasteiger partial charge in [-0.15, -0.1) is 0 Å². The molecule has 0 saturated carbocycles. The lowest BCUT2D eigenvalue weighted by atomic mass is 9.97. The van der Waals surface area contributed by atoms with E-state index in [1.807, 2.05) is 25.1 Å². The zero-order valence-corrected chi connectivity index (χ0v) is 9.65. The molecule has 0 bridgehead atoms. The highest BCUT2D eigenvalue weighted by molar-refractivity contribution is 5.88. The van der Waals surface area contributed by atoms with Crippen molar-refractivity contribution in [1.82, 2.24) is 4.98 Å². The molecule has 88 valence electrons. The van der Waals surface area contributed by atoms with Crippen molar-refractivity contribution in [2.24, 2.45) is 0 Å². The topological polar surface area (TPSA) is 70.2 Å². The molecule has 1 unspecified atom stereocenters. The summed E-state index contributed by atoms with van der Waals surface area (Å²) in [4.78, 5) is 25.2. The van der Waals surface area contributed by atoms with Gasteiger partial charge in [0.05, 0.1) is 5.92 Å². The molecule has 1 aromatic carbocycles. The molecule has 0 radical (unpaired) electrons. The van der Waals surface area contributed by atoms with Gasteiger partial charge in [-0.1, -0.05) is 12.1 Å². The van der Waals surface area contributed by atoms with Crippen LogP contribution in [0.3, 0.4) is 0 Å². The highest BCUT2D eigenvalue weighted by atomic mass is 16.4. The van der Waals surface area contributed by atoms with Crippen LogP contribution in [0.25, 0.3) is 10.9 Å². The number of aryl methyl sites for hydroxylation is 1. The number of carboxylic acid groups (broad SMARTS) is 1. The number of carboxylic acids is 1. The fraction of sp³-hybridized carbons (Fsp3) is 0.231. The van der Waals surface area contributed by atoms with E-state index in [1.54, 1.807) is 6.92 Å². The Morgan fingerprint density at radius 3 is 2.71 bits per heavy atom. The Labute approximate surface area is 97.9 Å². The molecule has 1 aromatic heterocycles. The number of hydrogen-bond donors (Lipinski definition) is 2. The molecule has 17 heavy (non-hydrogen) atoms. The maximum atomic E-state index is 11.5. The van der Waals surface area contributed by atoms with Crippen LogP contribution in [0.2, 0.25) is 0 Å². The first kappa shape index (κ1) is 11.4. The van der Waals surface area contributed by atoms with E-state index in [9.17, 15) is 9.59 Å². The van der Waals surface area contributed by atoms with Gasteiger partial charge in [0.2, 0.25) is 5.56 Å². The van der Waals surface area contributed by atoms with Gasteiger partial charge in [0.15, 0.2) is 0 Å². The second-order valence-corrected chi connectivity index (χ2v) is 4.20. The van der Waals surface area contributed by atoms with Crippen molar-refractivity contribution >= 4 is 16.9 Å². The Morgan fingerprint density at radius 1 is 1.35 bits per heavy atom. The van der Waals surface area contributed by atoms with Crippen LogP contribution in [0.5, 0.6) is 0 Å². The number of aromatic amines is 1. The number of hydrogen-bond acceptors (Lipinski definition) is 2. The summed E-state index contributed by atoms with van der Waals surface area (Å²) in [5.74, 6) is -1.63. The molecule has 0 aliphatic rings. The van der Waals surface area contributed by atoms with Crippen LogP contribution in [0.1, 0.15) is 24.0 Å². The third kappa shape index (κ3) is 2.06. The van der Waals surface area contributed by atoms with Crippen molar-refractivity contribution in [2.75, 3.05) is 0 Å². The summed E-state index contributed by atoms with van der Waals surface area (Å²) in [6, 6.07) is 6.94. The van der Waals surface area contributed by atoms with E-state index >= 15 is 0 Å². The first-order chi connectivity index (χ1) is 7.99. The quantitative estimate of drug-likeness (QED) is 0.830. The molecule has 1 atom stereocenters. The van der Waals surface area contributed by atoms with Crippen molar-refractivity contribution in [2.45, 2.75) is 19.8 Å². The van der Waals surface area contributed by atoms with E-state index in [0.29, 0.717) is 11.1 Å². The Kier molecular flexibility index (Phi) is 2.71. The lowest BCUT2D eigenvalue weighted by molar-refractivity contribution is -0.138. The Balaban J connectivity index is 2.78. The highest BCUT2D eigenvalue weighted by Crippen LogP contribution is 2.23. The second kappa shape index (κ2) is 4.05. The minimum Gasteiger partial charge on any atom is -0.481 e. The monoisotopic (exact) mass is 231 g/mol. The molecule has 2 N–H and O–H groups in total. The largest absolute Gasteiger partial charge is 0.481 e. The normalized spacial score (nSPS) is 12.6. The van der Waals surface area contributed by atoms with Gasteiger partial charge in [-0.3, -0.25) is 9.59 Å². The zero-order valence-electron chi connectivity index (χ0n) is 9.65. The van der Waals surface area contributed by atoms with Crippen LogP contribution < -0.4 is 5.56 Å². The summed E-state index contributed by atoms with van der Waals surface area (Å²) in [6.45, 7) is 3.50. The number of fused-ring (bicyclic) bond motifs is 1. The molecular weight excluding hydrogens is 218 g/mol. The van der Waals surface area contributed by atoms with Gasteiger partial charge in [0.25, 0.3) is 0 Å². The van der Waals surface area contributed by atoms with E-state index in [2.05, 4.69) is 4.98 Å². The average molecular weight is 231 g/mol. The summed E-state index contributed by atoms with van der Waals surface area (Å²) < 4.78 is 0. The number of rotatable bonds is 2. The SMILES string of the molecule is Cc1ccc2c(C(C)C(=O)O)cc(=O)[nH]c2c1. The first-order valence-corrected chi connectivity index (χ1v) is 5.35. The smallest absolute Gasteiger partial charge is 0.310 e. The Morgan fingerprint density at radius 2 is 2.06 bits per heavy atom. The van der Waals surface area contributed by atoms with E-state index in [0.717, 1.165) is 10.9 Å². The Hall–Kier alpha value is -2.10. The van der Waals surface area contributed by atoms with Crippen LogP contribution >= 0.6 is 0 Å². The number of aromatic nitrogens is 1. The average Bonchev–Trinajstić information content (AvgIpc) is 2.26. The molecule has 4 heteroatoms. The summed E-state index contributed by atoms with van der Waals surface area (Å²) in [5, 5.41) is 9.81. The molecule has 0 fully saturated rings. The Bertz CT molecular complexity index is 643. The standard InChI is InChI=1S/C13H13NO3/c1-7-3-4-9-10(8(2)13(16)17)6-12(15)14-11(9)5-7/h3-6,8H,1-2H3,(H,14,15)(H,16,17). The van der Waals surface area contributed by atoms with E-state index in [4.69, 9.17) is 5.11 Å². The van der Waals surface area contributed by atoms with Gasteiger partial charge in [-0.25, -0.2) is 0 Å². The lowest BCUT2D eigenvalue weighted by Crippen LogP contribution is -2.13. The van der Waals surface area contributed by atoms with Crippen LogP contribution in [-0.2, 0) is 4.79 Å². The van der Waals surface area contributed by atoms with Crippen LogP contribution in [0.4, 0.5) is 0 Å². The van der Waals surface area contributed by atoms with Gasteiger partial charge in [-0.05, 0) is 31.0 Å². The fourth-order valence-corrected chi connectivity index (χ4v) is 1.89. The summed E-state index contributed by atoms with van der Waals surface area (Å²) >= 11 is 0. The zero-order chi connectivity index (χ0) is 12.6. The lowest BCUT2D eigenvalue weighted by Gasteiger charge is -2.10. The number of pyridine rings is 1. The van der Waals surface area contributed by atoms with Crippen molar-refractivity contribution < 1.29 is 9.90 Å². The predicted octanol–water partition coefficient (Wildman–Crippen LogP) is 2.02. The van der Waals surface area contributed by atoms with Gasteiger partial charge in [0.1, 0.15) is 0 Å². The minimum absolute atomic E-state index is 0.272. The molecule has 0 spiro atoms. The highest BCUT2D eigenvalue weighted by Gasteiger charge is 2.17. The van der Waals surface area contributed by atoms with Gasteiger partial charge in [0, 0.05) is 17.0 Å². The molecule has 2 rings (SSSR count). The number of benzene rings is 1. The van der Waals surface area contributed by atoms with E-state index < -0.39 is 11.9 Å². The van der Waals surface area contributed by atoms with Crippen LogP contribution in [0, 0.1) is 6.92 Å². The summed E-state index contributed by atoms with van der Waals surface area (Å²) in [7, 11) is 0. The number of carbonyl (C=O) groups is 1. The van der Waals surface area contributed by atoms with E-state index in [1.165, 1.54) is 6.07 Å². The number of aliphatic carboxylic acids is 1. The molecule has 2 aromatic rings. The van der Waals surface area contributed by atoms with E-state index in [-0.39, 0.29) is 5.56 Å². The second-order valence-electron chi connectivity index (χ2n) is 4.20. The van der Waals surface area contributed by atoms with Gasteiger partial charge < -0.3 is 10.1 Å². The molecule has 0 aliphatic carbocycles. The fourth-order valence-electron chi connectivity index (χ4n) is 1.89. The molecular formula is C13H13NO3. The van der Waals surface area contributed by atoms with Crippen molar-refractivity contribution in [3.05, 3.63) is 45.7 Å². The van der Waals surface area contributed by atoms with Crippen LogP contribution in [0.15, 0.2) is 29.1 Å². The molecule has 0 saturated heterocycles.